The van der Waals surface area contributed by atoms with Crippen molar-refractivity contribution in [3.05, 3.63) is 7.43 Å². The van der Waals surface area contributed by atoms with Crippen molar-refractivity contribution in [2.45, 2.75) is 187 Å². The topological polar surface area (TPSA) is 208 Å². The summed E-state index contributed by atoms with van der Waals surface area (Å²) in [5.74, 6) is -3.10. The Morgan fingerprint density at radius 2 is 0.921 bits per heavy atom. The minimum Gasteiger partial charge on any atom is -1.00 e. The number of methoxy groups -OCH3 is 1. The van der Waals surface area contributed by atoms with Gasteiger partial charge < -0.3 is 96.9 Å². The van der Waals surface area contributed by atoms with Crippen molar-refractivity contribution in [2.75, 3.05) is 66.3 Å². The molecule has 0 aromatic carbocycles. The molecule has 0 aliphatic carbocycles. The third-order valence-corrected chi connectivity index (χ3v) is 9.73. The first-order chi connectivity index (χ1) is 27.7. The molecule has 3 N–H and O–H groups in total. The molecule has 7 fully saturated rings. The second-order valence-electron chi connectivity index (χ2n) is 17.8. The number of ether oxygens (including phenoxy) is 11. The van der Waals surface area contributed by atoms with Crippen LogP contribution in [0.2, 0.25) is 0 Å². The molecule has 7 aliphatic rings. The zero-order chi connectivity index (χ0) is 45.5. The van der Waals surface area contributed by atoms with Gasteiger partial charge in [0.15, 0.2) is 46.9 Å². The van der Waals surface area contributed by atoms with Crippen LogP contribution < -0.4 is 22.3 Å². The molecule has 18 nitrogen and oxygen atoms in total. The summed E-state index contributed by atoms with van der Waals surface area (Å²) < 4.78 is 57.3. The third kappa shape index (κ3) is 25.3. The standard InChI is InChI=1S/C10H17NO3.C7H12O4.2C7H14O3.C7H12O3.C4H9N.CH3.BrH.Mg/c1-10(2)13-7-8(14-10)9(12)11-5-3-4-6-11;1-7(2)10-4-5(11-7)6(8)9-3;3*1-5(8)6-4-9-7(2,3)10-6;1-2-4-5-3-1;;;/h8H,3-7H2,1-2H3;5H,4H2,1-3H3;2*5-6,8H,4H2,1-3H3;6H,4H2,1-3H3;5H,1-4H2;1H3;1H;/q;;;;;;-1;;+2/p-1/t8-;5-;5-,6+;5-,6-;6-;;;;/m11011..../s1. The Morgan fingerprint density at radius 1 is 0.587 bits per heavy atom. The number of carbonyl (C=O) groups is 3. The van der Waals surface area contributed by atoms with E-state index in [2.05, 4.69) is 10.1 Å². The SMILES string of the molecule is C1CCNC1.CC(=O)[C@H]1COC(C)(C)O1.CC1(C)OC[C@H](C(=O)N2CCCC2)O1.COC(=O)[C@H]1COC(C)(C)O1.C[C@@H](O)[C@H]1COC(C)(C)O1.C[C@H](O)[C@H]1COC(C)(C)O1.[Br-].[CH3-].[Mg+2]. The van der Waals surface area contributed by atoms with E-state index in [9.17, 15) is 14.4 Å². The number of hydrogen-bond acceptors (Lipinski definition) is 17. The van der Waals surface area contributed by atoms with Gasteiger partial charge >= 0.3 is 29.0 Å². The van der Waals surface area contributed by atoms with Crippen LogP contribution in [-0.4, -0.2) is 194 Å². The molecule has 7 saturated heterocycles. The maximum absolute atomic E-state index is 11.9. The van der Waals surface area contributed by atoms with Crippen LogP contribution in [0.1, 0.15) is 116 Å². The molecule has 63 heavy (non-hydrogen) atoms. The summed E-state index contributed by atoms with van der Waals surface area (Å²) >= 11 is 0. The number of Topliss-reactive ketones (excluding diaryl/α,β-unsaturated/α-hetero) is 1. The van der Waals surface area contributed by atoms with Crippen LogP contribution in [0, 0.1) is 7.43 Å². The number of hydrogen-bond donors (Lipinski definition) is 3. The molecule has 1 amide bonds. The maximum atomic E-state index is 11.9. The Bertz CT molecular complexity index is 1270. The molecule has 7 rings (SSSR count). The predicted octanol–water partition coefficient (Wildman–Crippen LogP) is 0.279. The molecule has 0 unspecified atom stereocenters. The number of likely N-dealkylation sites (tertiary alicyclic amines) is 1. The molecule has 0 saturated carbocycles. The van der Waals surface area contributed by atoms with Crippen LogP contribution in [0.25, 0.3) is 0 Å². The number of rotatable bonds is 5. The quantitative estimate of drug-likeness (QED) is 0.192. The summed E-state index contributed by atoms with van der Waals surface area (Å²) in [7, 11) is 1.33. The van der Waals surface area contributed by atoms with Crippen LogP contribution in [0.3, 0.4) is 0 Å². The number of aliphatic hydroxyl groups excluding tert-OH is 2. The molecular formula is C43H81BrMgN2O16. The third-order valence-electron chi connectivity index (χ3n) is 9.73. The predicted molar refractivity (Wildman–Crippen MR) is 231 cm³/mol. The van der Waals surface area contributed by atoms with Crippen LogP contribution in [0.4, 0.5) is 0 Å². The van der Waals surface area contributed by atoms with Gasteiger partial charge in [-0.2, -0.15) is 0 Å². The normalized spacial score (nSPS) is 29.5. The van der Waals surface area contributed by atoms with Crippen molar-refractivity contribution in [2.24, 2.45) is 0 Å². The van der Waals surface area contributed by atoms with Gasteiger partial charge in [-0.3, -0.25) is 9.59 Å². The molecule has 0 aromatic rings. The fourth-order valence-electron chi connectivity index (χ4n) is 6.30. The Morgan fingerprint density at radius 3 is 1.14 bits per heavy atom. The summed E-state index contributed by atoms with van der Waals surface area (Å²) in [6.07, 6.45) is 2.51. The number of amides is 1. The smallest absolute Gasteiger partial charge is 1.00 e. The van der Waals surface area contributed by atoms with Crippen LogP contribution in [0.5, 0.6) is 0 Å². The number of ketones is 1. The van der Waals surface area contributed by atoms with Gasteiger partial charge in [0.25, 0.3) is 5.91 Å². The second kappa shape index (κ2) is 29.3. The number of nitrogens with zero attached hydrogens (tertiary/aromatic N) is 1. The molecule has 7 aliphatic heterocycles. The van der Waals surface area contributed by atoms with Gasteiger partial charge in [0, 0.05) is 13.1 Å². The average Bonchev–Trinajstić information content (AvgIpc) is 4.00. The van der Waals surface area contributed by atoms with Gasteiger partial charge in [0.1, 0.15) is 18.3 Å². The molecule has 0 aromatic heterocycles. The van der Waals surface area contributed by atoms with E-state index >= 15 is 0 Å². The van der Waals surface area contributed by atoms with Gasteiger partial charge in [-0.05, 0) is 129 Å². The maximum Gasteiger partial charge on any atom is 2.00 e. The Hall–Kier alpha value is -0.664. The summed E-state index contributed by atoms with van der Waals surface area (Å²) in [4.78, 5) is 35.3. The molecule has 7 heterocycles. The van der Waals surface area contributed by atoms with Crippen molar-refractivity contribution < 1.29 is 93.7 Å². The van der Waals surface area contributed by atoms with E-state index < -0.39 is 47.2 Å². The largest absolute Gasteiger partial charge is 2.00 e. The van der Waals surface area contributed by atoms with Crippen LogP contribution in [0.15, 0.2) is 0 Å². The molecule has 368 valence electrons. The minimum atomic E-state index is -0.654. The molecule has 0 radical (unpaired) electrons. The fourth-order valence-corrected chi connectivity index (χ4v) is 6.30. The molecule has 7 atom stereocenters. The van der Waals surface area contributed by atoms with Gasteiger partial charge in [0.2, 0.25) is 0 Å². The zero-order valence-electron chi connectivity index (χ0n) is 40.9. The van der Waals surface area contributed by atoms with Gasteiger partial charge in [0.05, 0.1) is 52.4 Å². The van der Waals surface area contributed by atoms with E-state index in [1.165, 1.54) is 40.0 Å². The van der Waals surface area contributed by atoms with Crippen molar-refractivity contribution in [3.63, 3.8) is 0 Å². The van der Waals surface area contributed by atoms with E-state index in [1.807, 2.05) is 46.4 Å². The summed E-state index contributed by atoms with van der Waals surface area (Å²) in [5.41, 5.74) is 0. The Kier molecular flexibility index (Phi) is 29.9. The summed E-state index contributed by atoms with van der Waals surface area (Å²) in [6.45, 7) is 29.4. The van der Waals surface area contributed by atoms with E-state index in [0.29, 0.717) is 26.4 Å². The summed E-state index contributed by atoms with van der Waals surface area (Å²) in [5, 5.41) is 21.4. The van der Waals surface area contributed by atoms with Gasteiger partial charge in [-0.25, -0.2) is 4.79 Å². The Balaban J connectivity index is 0. The minimum absolute atomic E-state index is 0. The van der Waals surface area contributed by atoms with E-state index in [4.69, 9.17) is 57.6 Å². The van der Waals surface area contributed by atoms with Gasteiger partial charge in [-0.1, -0.05) is 0 Å². The second-order valence-corrected chi connectivity index (χ2v) is 17.8. The molecular weight excluding hydrogens is 905 g/mol. The van der Waals surface area contributed by atoms with E-state index in [0.717, 1.165) is 25.9 Å². The number of halogens is 1. The molecule has 20 heteroatoms. The average molecular weight is 986 g/mol. The number of carbonyl (C=O) groups excluding carboxylic acids is 3. The summed E-state index contributed by atoms with van der Waals surface area (Å²) in [6, 6.07) is 0. The van der Waals surface area contributed by atoms with Gasteiger partial charge in [-0.15, -0.1) is 0 Å². The fraction of sp³-hybridized carbons (Fsp3) is 0.907. The van der Waals surface area contributed by atoms with Crippen LogP contribution >= 0.6 is 0 Å². The van der Waals surface area contributed by atoms with Crippen molar-refractivity contribution in [1.82, 2.24) is 10.2 Å². The van der Waals surface area contributed by atoms with E-state index in [1.54, 1.807) is 41.5 Å². The number of nitrogens with one attached hydrogen (secondary N) is 1. The van der Waals surface area contributed by atoms with Crippen molar-refractivity contribution in [1.29, 1.82) is 0 Å². The first kappa shape index (κ1) is 64.4. The van der Waals surface area contributed by atoms with E-state index in [-0.39, 0.29) is 96.1 Å². The van der Waals surface area contributed by atoms with Crippen molar-refractivity contribution >= 4 is 40.7 Å². The monoisotopic (exact) mass is 984 g/mol. The first-order valence-corrected chi connectivity index (χ1v) is 21.2. The Labute approximate surface area is 403 Å². The van der Waals surface area contributed by atoms with Crippen molar-refractivity contribution in [3.8, 4) is 0 Å². The molecule has 0 spiro atoms. The zero-order valence-corrected chi connectivity index (χ0v) is 43.9. The first-order valence-electron chi connectivity index (χ1n) is 21.2. The molecule has 0 bridgehead atoms. The number of aliphatic hydroxyl groups is 2. The number of esters is 1. The van der Waals surface area contributed by atoms with Crippen LogP contribution in [-0.2, 0) is 66.5 Å².